The van der Waals surface area contributed by atoms with E-state index >= 15 is 0 Å². The predicted molar refractivity (Wildman–Crippen MR) is 97.8 cm³/mol. The van der Waals surface area contributed by atoms with E-state index in [2.05, 4.69) is 21.0 Å². The number of pyridine rings is 2. The fourth-order valence-corrected chi connectivity index (χ4v) is 3.30. The second kappa shape index (κ2) is 6.89. The minimum absolute atomic E-state index is 0.205. The smallest absolute Gasteiger partial charge is 0.223 e. The van der Waals surface area contributed by atoms with Gasteiger partial charge in [-0.15, -0.1) is 0 Å². The number of carbonyl (C=O) groups excluding carboxylic acids is 1. The number of aromatic nitrogens is 3. The summed E-state index contributed by atoms with van der Waals surface area (Å²) in [6.07, 6.45) is 11.7. The highest BCUT2D eigenvalue weighted by Crippen LogP contribution is 2.28. The number of nitrogens with zero attached hydrogens (tertiary/aromatic N) is 3. The van der Waals surface area contributed by atoms with Gasteiger partial charge in [-0.2, -0.15) is 0 Å². The molecule has 0 radical (unpaired) electrons. The lowest BCUT2D eigenvalue weighted by Crippen LogP contribution is -2.34. The summed E-state index contributed by atoms with van der Waals surface area (Å²) in [5.74, 6) is 0.205. The molecule has 0 aromatic carbocycles. The molecule has 126 valence electrons. The van der Waals surface area contributed by atoms with Crippen molar-refractivity contribution in [3.05, 3.63) is 66.3 Å². The highest BCUT2D eigenvalue weighted by Gasteiger charge is 2.19. The third-order valence-corrected chi connectivity index (χ3v) is 4.69. The molecular formula is C20H20N4O. The molecule has 1 aliphatic rings. The van der Waals surface area contributed by atoms with Gasteiger partial charge >= 0.3 is 0 Å². The van der Waals surface area contributed by atoms with E-state index < -0.39 is 0 Å². The molecule has 1 amide bonds. The molecular weight excluding hydrogens is 312 g/mol. The van der Waals surface area contributed by atoms with E-state index in [1.165, 1.54) is 5.57 Å². The third-order valence-electron chi connectivity index (χ3n) is 4.69. The molecule has 0 unspecified atom stereocenters. The quantitative estimate of drug-likeness (QED) is 0.798. The molecule has 0 saturated carbocycles. The third kappa shape index (κ3) is 3.31. The van der Waals surface area contributed by atoms with Crippen molar-refractivity contribution in [3.8, 4) is 0 Å². The number of aromatic amines is 1. The first-order valence-corrected chi connectivity index (χ1v) is 8.59. The summed E-state index contributed by atoms with van der Waals surface area (Å²) in [7, 11) is 0. The van der Waals surface area contributed by atoms with Crippen LogP contribution < -0.4 is 0 Å². The first-order valence-electron chi connectivity index (χ1n) is 8.59. The number of amides is 1. The van der Waals surface area contributed by atoms with E-state index in [0.717, 1.165) is 41.5 Å². The molecule has 3 aromatic heterocycles. The van der Waals surface area contributed by atoms with Crippen LogP contribution in [0.3, 0.4) is 0 Å². The van der Waals surface area contributed by atoms with Gasteiger partial charge in [-0.1, -0.05) is 12.1 Å². The highest BCUT2D eigenvalue weighted by molar-refractivity contribution is 5.90. The van der Waals surface area contributed by atoms with Gasteiger partial charge in [0.1, 0.15) is 0 Å². The maximum atomic E-state index is 12.4. The van der Waals surface area contributed by atoms with Gasteiger partial charge in [-0.3, -0.25) is 14.8 Å². The first kappa shape index (κ1) is 15.6. The van der Waals surface area contributed by atoms with E-state index in [-0.39, 0.29) is 5.91 Å². The van der Waals surface area contributed by atoms with Crippen LogP contribution >= 0.6 is 0 Å². The number of fused-ring (bicyclic) bond motifs is 1. The first-order chi connectivity index (χ1) is 12.3. The Morgan fingerprint density at radius 1 is 1.24 bits per heavy atom. The van der Waals surface area contributed by atoms with E-state index in [9.17, 15) is 4.79 Å². The van der Waals surface area contributed by atoms with Crippen LogP contribution in [0.4, 0.5) is 0 Å². The number of aryl methyl sites for hydroxylation is 1. The van der Waals surface area contributed by atoms with Crippen LogP contribution in [0.1, 0.15) is 24.0 Å². The summed E-state index contributed by atoms with van der Waals surface area (Å²) in [6, 6.07) is 7.88. The van der Waals surface area contributed by atoms with Gasteiger partial charge in [0.25, 0.3) is 0 Å². The molecule has 4 rings (SSSR count). The number of nitrogens with one attached hydrogen (secondary N) is 1. The van der Waals surface area contributed by atoms with Crippen molar-refractivity contribution in [1.29, 1.82) is 0 Å². The molecule has 0 bridgehead atoms. The molecule has 0 spiro atoms. The average Bonchev–Trinajstić information content (AvgIpc) is 3.11. The van der Waals surface area contributed by atoms with Crippen molar-refractivity contribution in [2.45, 2.75) is 19.3 Å². The number of H-pyrrole nitrogens is 1. The predicted octanol–water partition coefficient (Wildman–Crippen LogP) is 3.21. The molecule has 1 aliphatic heterocycles. The van der Waals surface area contributed by atoms with Gasteiger partial charge in [-0.05, 0) is 42.2 Å². The SMILES string of the molecule is O=C(CCc1cccnc1)N1CC=C(c2c[nH]c3cccnc23)CC1. The highest BCUT2D eigenvalue weighted by atomic mass is 16.2. The lowest BCUT2D eigenvalue weighted by Gasteiger charge is -2.26. The Balaban J connectivity index is 1.41. The Labute approximate surface area is 146 Å². The molecule has 1 N–H and O–H groups in total. The van der Waals surface area contributed by atoms with Crippen molar-refractivity contribution < 1.29 is 4.79 Å². The molecule has 0 aliphatic carbocycles. The van der Waals surface area contributed by atoms with Crippen molar-refractivity contribution in [1.82, 2.24) is 19.9 Å². The lowest BCUT2D eigenvalue weighted by atomic mass is 10.0. The maximum Gasteiger partial charge on any atom is 0.223 e. The van der Waals surface area contributed by atoms with Gasteiger partial charge in [0.05, 0.1) is 11.0 Å². The van der Waals surface area contributed by atoms with E-state index in [4.69, 9.17) is 0 Å². The Hall–Kier alpha value is -2.95. The molecule has 5 nitrogen and oxygen atoms in total. The van der Waals surface area contributed by atoms with E-state index in [1.54, 1.807) is 6.20 Å². The van der Waals surface area contributed by atoms with E-state index in [0.29, 0.717) is 13.0 Å². The molecule has 0 fully saturated rings. The van der Waals surface area contributed by atoms with E-state index in [1.807, 2.05) is 47.8 Å². The standard InChI is InChI=1S/C20H20N4O/c25-19(6-5-15-3-1-9-21-13-15)24-11-7-16(8-12-24)17-14-23-18-4-2-10-22-20(17)18/h1-4,7,9-10,13-14,23H,5-6,8,11-12H2. The second-order valence-electron chi connectivity index (χ2n) is 6.28. The van der Waals surface area contributed by atoms with Crippen LogP contribution in [0.25, 0.3) is 16.6 Å². The van der Waals surface area contributed by atoms with Crippen LogP contribution in [0.2, 0.25) is 0 Å². The molecule has 4 heterocycles. The monoisotopic (exact) mass is 332 g/mol. The maximum absolute atomic E-state index is 12.4. The second-order valence-corrected chi connectivity index (χ2v) is 6.28. The zero-order chi connectivity index (χ0) is 17.1. The van der Waals surface area contributed by atoms with Crippen LogP contribution in [0, 0.1) is 0 Å². The number of rotatable bonds is 4. The summed E-state index contributed by atoms with van der Waals surface area (Å²) in [4.78, 5) is 26.2. The Morgan fingerprint density at radius 3 is 2.96 bits per heavy atom. The number of carbonyl (C=O) groups is 1. The topological polar surface area (TPSA) is 61.9 Å². The Morgan fingerprint density at radius 2 is 2.16 bits per heavy atom. The largest absolute Gasteiger partial charge is 0.359 e. The van der Waals surface area contributed by atoms with Crippen LogP contribution in [0.15, 0.2) is 55.1 Å². The summed E-state index contributed by atoms with van der Waals surface area (Å²) in [5.41, 5.74) is 5.58. The molecule has 3 aromatic rings. The zero-order valence-corrected chi connectivity index (χ0v) is 14.0. The van der Waals surface area contributed by atoms with Crippen LogP contribution in [0.5, 0.6) is 0 Å². The van der Waals surface area contributed by atoms with Gasteiger partial charge in [0.15, 0.2) is 0 Å². The van der Waals surface area contributed by atoms with Crippen LogP contribution in [-0.4, -0.2) is 38.8 Å². The minimum atomic E-state index is 0.205. The van der Waals surface area contributed by atoms with Gasteiger partial charge < -0.3 is 9.88 Å². The van der Waals surface area contributed by atoms with Crippen molar-refractivity contribution in [2.24, 2.45) is 0 Å². The Kier molecular flexibility index (Phi) is 4.29. The molecule has 25 heavy (non-hydrogen) atoms. The summed E-state index contributed by atoms with van der Waals surface area (Å²) in [6.45, 7) is 1.43. The molecule has 0 saturated heterocycles. The summed E-state index contributed by atoms with van der Waals surface area (Å²) < 4.78 is 0. The molecule has 5 heteroatoms. The number of hydrogen-bond donors (Lipinski definition) is 1. The van der Waals surface area contributed by atoms with Crippen molar-refractivity contribution in [2.75, 3.05) is 13.1 Å². The minimum Gasteiger partial charge on any atom is -0.359 e. The van der Waals surface area contributed by atoms with Gasteiger partial charge in [0, 0.05) is 49.9 Å². The fraction of sp³-hybridized carbons (Fsp3) is 0.250. The van der Waals surface area contributed by atoms with Crippen molar-refractivity contribution >= 4 is 22.5 Å². The zero-order valence-electron chi connectivity index (χ0n) is 14.0. The molecule has 0 atom stereocenters. The van der Waals surface area contributed by atoms with Gasteiger partial charge in [0.2, 0.25) is 5.91 Å². The number of hydrogen-bond acceptors (Lipinski definition) is 3. The van der Waals surface area contributed by atoms with Gasteiger partial charge in [-0.25, -0.2) is 0 Å². The summed E-state index contributed by atoms with van der Waals surface area (Å²) >= 11 is 0. The summed E-state index contributed by atoms with van der Waals surface area (Å²) in [5, 5.41) is 0. The average molecular weight is 332 g/mol. The Bertz CT molecular complexity index is 914. The van der Waals surface area contributed by atoms with Crippen molar-refractivity contribution in [3.63, 3.8) is 0 Å². The normalized spacial score (nSPS) is 14.6. The van der Waals surface area contributed by atoms with Crippen LogP contribution in [-0.2, 0) is 11.2 Å². The fourth-order valence-electron chi connectivity index (χ4n) is 3.30. The lowest BCUT2D eigenvalue weighted by molar-refractivity contribution is -0.130.